The number of carbonyl (C=O) groups excluding carboxylic acids is 2. The second kappa shape index (κ2) is 7.78. The first-order valence-electron chi connectivity index (χ1n) is 9.47. The molecule has 2 aliphatic rings. The van der Waals surface area contributed by atoms with Gasteiger partial charge in [0.2, 0.25) is 0 Å². The predicted octanol–water partition coefficient (Wildman–Crippen LogP) is 2.09. The highest BCUT2D eigenvalue weighted by atomic mass is 16.6. The van der Waals surface area contributed by atoms with Gasteiger partial charge in [0.25, 0.3) is 11.6 Å². The number of nitro groups is 1. The average Bonchev–Trinajstić information content (AvgIpc) is 3.19. The van der Waals surface area contributed by atoms with Crippen LogP contribution < -0.4 is 15.1 Å². The number of urea groups is 1. The summed E-state index contributed by atoms with van der Waals surface area (Å²) in [7, 11) is 0. The molecular formula is C20H21N5O4. The Morgan fingerprint density at radius 2 is 1.66 bits per heavy atom. The zero-order valence-corrected chi connectivity index (χ0v) is 15.8. The van der Waals surface area contributed by atoms with Gasteiger partial charge in [-0.1, -0.05) is 12.1 Å². The summed E-state index contributed by atoms with van der Waals surface area (Å²) in [5.74, 6) is -0.0790. The summed E-state index contributed by atoms with van der Waals surface area (Å²) in [5.41, 5.74) is 1.98. The minimum atomic E-state index is -0.380. The fourth-order valence-electron chi connectivity index (χ4n) is 3.72. The molecule has 0 aliphatic carbocycles. The van der Waals surface area contributed by atoms with Crippen molar-refractivity contribution in [3.8, 4) is 0 Å². The number of para-hydroxylation sites is 2. The van der Waals surface area contributed by atoms with Crippen molar-refractivity contribution in [2.45, 2.75) is 0 Å². The molecule has 0 aromatic heterocycles. The first kappa shape index (κ1) is 18.7. The molecular weight excluding hydrogens is 374 g/mol. The molecule has 9 heteroatoms. The van der Waals surface area contributed by atoms with E-state index in [1.807, 2.05) is 4.90 Å². The van der Waals surface area contributed by atoms with Gasteiger partial charge in [-0.3, -0.25) is 19.8 Å². The summed E-state index contributed by atoms with van der Waals surface area (Å²) < 4.78 is 0. The second-order valence-electron chi connectivity index (χ2n) is 6.96. The van der Waals surface area contributed by atoms with Crippen LogP contribution in [0.3, 0.4) is 0 Å². The number of benzene rings is 2. The van der Waals surface area contributed by atoms with Crippen LogP contribution in [0.4, 0.5) is 21.9 Å². The Labute approximate surface area is 167 Å². The van der Waals surface area contributed by atoms with Gasteiger partial charge in [0.1, 0.15) is 5.69 Å². The van der Waals surface area contributed by atoms with Crippen LogP contribution in [-0.4, -0.2) is 61.0 Å². The van der Waals surface area contributed by atoms with Gasteiger partial charge in [0.05, 0.1) is 4.92 Å². The normalized spacial score (nSPS) is 16.7. The van der Waals surface area contributed by atoms with Crippen LogP contribution in [0.15, 0.2) is 48.5 Å². The molecule has 2 aromatic carbocycles. The van der Waals surface area contributed by atoms with Crippen molar-refractivity contribution in [1.82, 2.24) is 10.2 Å². The molecule has 0 spiro atoms. The average molecular weight is 395 g/mol. The number of rotatable bonds is 4. The van der Waals surface area contributed by atoms with E-state index < -0.39 is 0 Å². The first-order valence-corrected chi connectivity index (χ1v) is 9.47. The van der Waals surface area contributed by atoms with Crippen LogP contribution in [0.5, 0.6) is 0 Å². The van der Waals surface area contributed by atoms with Crippen LogP contribution in [0.25, 0.3) is 0 Å². The lowest BCUT2D eigenvalue weighted by atomic mass is 10.1. The lowest BCUT2D eigenvalue weighted by Crippen LogP contribution is -2.49. The molecule has 0 saturated carbocycles. The summed E-state index contributed by atoms with van der Waals surface area (Å²) in [5, 5.41) is 14.0. The zero-order valence-electron chi connectivity index (χ0n) is 15.8. The van der Waals surface area contributed by atoms with Gasteiger partial charge in [-0.25, -0.2) is 4.79 Å². The SMILES string of the molecule is O=C(c1ccc(N2CCNC2=O)cc1)N1CCN(c2ccccc2[N+](=O)[O-])CC1. The fraction of sp³-hybridized carbons (Fsp3) is 0.300. The molecule has 9 nitrogen and oxygen atoms in total. The van der Waals surface area contributed by atoms with Gasteiger partial charge < -0.3 is 15.1 Å². The van der Waals surface area contributed by atoms with Crippen molar-refractivity contribution in [2.24, 2.45) is 0 Å². The second-order valence-corrected chi connectivity index (χ2v) is 6.96. The number of nitro benzene ring substituents is 1. The maximum Gasteiger partial charge on any atom is 0.321 e. The highest BCUT2D eigenvalue weighted by Gasteiger charge is 2.26. The largest absolute Gasteiger partial charge is 0.362 e. The van der Waals surface area contributed by atoms with Crippen LogP contribution in [-0.2, 0) is 0 Å². The van der Waals surface area contributed by atoms with E-state index in [1.54, 1.807) is 52.3 Å². The van der Waals surface area contributed by atoms with Crippen molar-refractivity contribution >= 4 is 29.0 Å². The summed E-state index contributed by atoms with van der Waals surface area (Å²) >= 11 is 0. The monoisotopic (exact) mass is 395 g/mol. The highest BCUT2D eigenvalue weighted by molar-refractivity contribution is 5.97. The number of piperazine rings is 1. The number of nitrogens with zero attached hydrogens (tertiary/aromatic N) is 4. The Kier molecular flexibility index (Phi) is 5.03. The lowest BCUT2D eigenvalue weighted by Gasteiger charge is -2.35. The maximum absolute atomic E-state index is 12.8. The third-order valence-electron chi connectivity index (χ3n) is 5.27. The van der Waals surface area contributed by atoms with Crippen molar-refractivity contribution in [2.75, 3.05) is 49.1 Å². The minimum Gasteiger partial charge on any atom is -0.362 e. The highest BCUT2D eigenvalue weighted by Crippen LogP contribution is 2.28. The Hall–Kier alpha value is -3.62. The summed E-state index contributed by atoms with van der Waals surface area (Å²) in [6, 6.07) is 13.6. The number of carbonyl (C=O) groups is 2. The Morgan fingerprint density at radius 1 is 0.966 bits per heavy atom. The maximum atomic E-state index is 12.8. The van der Waals surface area contributed by atoms with Crippen LogP contribution in [0.2, 0.25) is 0 Å². The summed E-state index contributed by atoms with van der Waals surface area (Å²) in [4.78, 5) is 40.8. The molecule has 0 unspecified atom stereocenters. The quantitative estimate of drug-likeness (QED) is 0.631. The number of hydrogen-bond donors (Lipinski definition) is 1. The Morgan fingerprint density at radius 3 is 2.28 bits per heavy atom. The van der Waals surface area contributed by atoms with E-state index in [-0.39, 0.29) is 22.5 Å². The third-order valence-corrected chi connectivity index (χ3v) is 5.27. The Balaban J connectivity index is 1.40. The summed E-state index contributed by atoms with van der Waals surface area (Å²) in [6.45, 7) is 3.26. The van der Waals surface area contributed by atoms with Gasteiger partial charge in [0, 0.05) is 56.6 Å². The number of hydrogen-bond acceptors (Lipinski definition) is 5. The first-order chi connectivity index (χ1) is 14.0. The molecule has 0 radical (unpaired) electrons. The molecule has 3 amide bonds. The van der Waals surface area contributed by atoms with Gasteiger partial charge >= 0.3 is 6.03 Å². The third kappa shape index (κ3) is 3.71. The van der Waals surface area contributed by atoms with E-state index in [0.29, 0.717) is 50.5 Å². The smallest absolute Gasteiger partial charge is 0.321 e. The standard InChI is InChI=1S/C20H21N5O4/c26-19(15-5-7-16(8-6-15)24-10-9-21-20(24)27)23-13-11-22(12-14-23)17-3-1-2-4-18(17)25(28)29/h1-8H,9-14H2,(H,21,27). The van der Waals surface area contributed by atoms with Crippen LogP contribution in [0.1, 0.15) is 10.4 Å². The molecule has 150 valence electrons. The molecule has 2 fully saturated rings. The fourth-order valence-corrected chi connectivity index (χ4v) is 3.72. The predicted molar refractivity (Wildman–Crippen MR) is 108 cm³/mol. The van der Waals surface area contributed by atoms with Gasteiger partial charge in [-0.05, 0) is 30.3 Å². The topological polar surface area (TPSA) is 99.0 Å². The number of anilines is 2. The summed E-state index contributed by atoms with van der Waals surface area (Å²) in [6.07, 6.45) is 0. The van der Waals surface area contributed by atoms with Gasteiger partial charge in [-0.2, -0.15) is 0 Å². The van der Waals surface area contributed by atoms with E-state index in [2.05, 4.69) is 5.32 Å². The molecule has 2 aliphatic heterocycles. The van der Waals surface area contributed by atoms with Crippen molar-refractivity contribution in [3.05, 3.63) is 64.2 Å². The molecule has 0 bridgehead atoms. The van der Waals surface area contributed by atoms with Crippen molar-refractivity contribution in [3.63, 3.8) is 0 Å². The van der Waals surface area contributed by atoms with Crippen LogP contribution >= 0.6 is 0 Å². The van der Waals surface area contributed by atoms with E-state index in [1.165, 1.54) is 6.07 Å². The Bertz CT molecular complexity index is 938. The molecule has 1 N–H and O–H groups in total. The molecule has 0 atom stereocenters. The molecule has 29 heavy (non-hydrogen) atoms. The van der Waals surface area contributed by atoms with Gasteiger partial charge in [0.15, 0.2) is 0 Å². The van der Waals surface area contributed by atoms with E-state index in [9.17, 15) is 19.7 Å². The number of nitrogens with one attached hydrogen (secondary N) is 1. The molecule has 2 aromatic rings. The van der Waals surface area contributed by atoms with E-state index in [4.69, 9.17) is 0 Å². The van der Waals surface area contributed by atoms with Crippen molar-refractivity contribution in [1.29, 1.82) is 0 Å². The lowest BCUT2D eigenvalue weighted by molar-refractivity contribution is -0.384. The van der Waals surface area contributed by atoms with Gasteiger partial charge in [-0.15, -0.1) is 0 Å². The molecule has 2 heterocycles. The van der Waals surface area contributed by atoms with Crippen LogP contribution in [0, 0.1) is 10.1 Å². The van der Waals surface area contributed by atoms with E-state index >= 15 is 0 Å². The minimum absolute atomic E-state index is 0.0776. The zero-order chi connectivity index (χ0) is 20.4. The van der Waals surface area contributed by atoms with Crippen molar-refractivity contribution < 1.29 is 14.5 Å². The van der Waals surface area contributed by atoms with E-state index in [0.717, 1.165) is 5.69 Å². The molecule has 2 saturated heterocycles. The number of amides is 3. The molecule has 4 rings (SSSR count).